The molecule has 0 saturated carbocycles. The van der Waals surface area contributed by atoms with Crippen molar-refractivity contribution in [3.05, 3.63) is 70.2 Å². The molecule has 0 aliphatic carbocycles. The number of hydrogen-bond acceptors (Lipinski definition) is 5. The van der Waals surface area contributed by atoms with Crippen LogP contribution in [0.2, 0.25) is 0 Å². The van der Waals surface area contributed by atoms with E-state index in [4.69, 9.17) is 0 Å². The van der Waals surface area contributed by atoms with Crippen molar-refractivity contribution in [2.24, 2.45) is 0 Å². The lowest BCUT2D eigenvalue weighted by Gasteiger charge is -2.16. The van der Waals surface area contributed by atoms with E-state index >= 15 is 0 Å². The molecular formula is C23H24N4O2S. The minimum absolute atomic E-state index is 0.0106. The van der Waals surface area contributed by atoms with E-state index in [1.165, 1.54) is 16.9 Å². The molecule has 0 bridgehead atoms. The highest BCUT2D eigenvalue weighted by atomic mass is 32.1. The number of hydrogen-bond donors (Lipinski definition) is 1. The average Bonchev–Trinajstić information content (AvgIpc) is 3.36. The van der Waals surface area contributed by atoms with Crippen LogP contribution in [0.1, 0.15) is 41.0 Å². The second-order valence-corrected chi connectivity index (χ2v) is 8.59. The molecule has 1 fully saturated rings. The van der Waals surface area contributed by atoms with Gasteiger partial charge in [0.15, 0.2) is 0 Å². The van der Waals surface area contributed by atoms with Gasteiger partial charge < -0.3 is 10.2 Å². The number of nitrogens with one attached hydrogen (secondary N) is 1. The maximum Gasteiger partial charge on any atom is 0.230 e. The highest BCUT2D eigenvalue weighted by molar-refractivity contribution is 7.15. The predicted octanol–water partition coefficient (Wildman–Crippen LogP) is 4.11. The zero-order valence-corrected chi connectivity index (χ0v) is 17.9. The van der Waals surface area contributed by atoms with E-state index in [9.17, 15) is 9.59 Å². The van der Waals surface area contributed by atoms with Crippen LogP contribution in [0.5, 0.6) is 0 Å². The molecule has 0 radical (unpaired) electrons. The number of carbonyl (C=O) groups excluding carboxylic acids is 2. The van der Waals surface area contributed by atoms with Crippen LogP contribution in [-0.4, -0.2) is 28.6 Å². The summed E-state index contributed by atoms with van der Waals surface area (Å²) in [6, 6.07) is 16.0. The molecule has 1 aromatic heterocycles. The first-order chi connectivity index (χ1) is 14.5. The van der Waals surface area contributed by atoms with Crippen LogP contribution >= 0.6 is 11.3 Å². The molecule has 4 rings (SSSR count). The molecule has 1 N–H and O–H groups in total. The Labute approximate surface area is 180 Å². The molecule has 1 aliphatic rings. The summed E-state index contributed by atoms with van der Waals surface area (Å²) in [6.07, 6.45) is 1.67. The van der Waals surface area contributed by atoms with Crippen LogP contribution in [0.4, 0.5) is 10.8 Å². The topological polar surface area (TPSA) is 75.2 Å². The molecule has 1 saturated heterocycles. The Morgan fingerprint density at radius 3 is 2.50 bits per heavy atom. The van der Waals surface area contributed by atoms with Crippen molar-refractivity contribution in [2.45, 2.75) is 39.0 Å². The summed E-state index contributed by atoms with van der Waals surface area (Å²) in [5, 5.41) is 12.4. The molecule has 0 spiro atoms. The zero-order chi connectivity index (χ0) is 21.1. The summed E-state index contributed by atoms with van der Waals surface area (Å²) < 4.78 is 0. The van der Waals surface area contributed by atoms with Crippen LogP contribution in [0.15, 0.2) is 48.5 Å². The Kier molecular flexibility index (Phi) is 5.90. The fraction of sp³-hybridized carbons (Fsp3) is 0.304. The summed E-state index contributed by atoms with van der Waals surface area (Å²) in [5.41, 5.74) is 4.27. The van der Waals surface area contributed by atoms with E-state index in [0.29, 0.717) is 24.5 Å². The monoisotopic (exact) mass is 420 g/mol. The smallest absolute Gasteiger partial charge is 0.230 e. The molecule has 6 nitrogen and oxygen atoms in total. The van der Waals surface area contributed by atoms with Gasteiger partial charge >= 0.3 is 0 Å². The van der Waals surface area contributed by atoms with Crippen LogP contribution < -0.4 is 10.2 Å². The minimum atomic E-state index is -0.123. The SMILES string of the molecule is CCc1ccc(N2C[C@H](c3nnc(NC(=O)Cc4ccc(C)cc4)s3)CC2=O)cc1. The van der Waals surface area contributed by atoms with Gasteiger partial charge in [0, 0.05) is 24.6 Å². The van der Waals surface area contributed by atoms with Crippen LogP contribution in [0.25, 0.3) is 0 Å². The number of rotatable bonds is 6. The highest BCUT2D eigenvalue weighted by Gasteiger charge is 2.34. The van der Waals surface area contributed by atoms with Gasteiger partial charge in [0.25, 0.3) is 0 Å². The van der Waals surface area contributed by atoms with E-state index < -0.39 is 0 Å². The number of aromatic nitrogens is 2. The van der Waals surface area contributed by atoms with Gasteiger partial charge in [-0.1, -0.05) is 60.2 Å². The van der Waals surface area contributed by atoms with Crippen molar-refractivity contribution in [3.63, 3.8) is 0 Å². The van der Waals surface area contributed by atoms with E-state index in [2.05, 4.69) is 34.6 Å². The molecular weight excluding hydrogens is 396 g/mol. The Hall–Kier alpha value is -3.06. The molecule has 1 aliphatic heterocycles. The van der Waals surface area contributed by atoms with Crippen molar-refractivity contribution in [2.75, 3.05) is 16.8 Å². The quantitative estimate of drug-likeness (QED) is 0.651. The van der Waals surface area contributed by atoms with Crippen molar-refractivity contribution < 1.29 is 9.59 Å². The van der Waals surface area contributed by atoms with E-state index in [-0.39, 0.29) is 17.7 Å². The highest BCUT2D eigenvalue weighted by Crippen LogP contribution is 2.34. The van der Waals surface area contributed by atoms with E-state index in [1.54, 1.807) is 4.90 Å². The number of aryl methyl sites for hydroxylation is 2. The Morgan fingerprint density at radius 1 is 1.10 bits per heavy atom. The van der Waals surface area contributed by atoms with Gasteiger partial charge in [-0.3, -0.25) is 9.59 Å². The van der Waals surface area contributed by atoms with Gasteiger partial charge in [0.2, 0.25) is 16.9 Å². The second kappa shape index (κ2) is 8.75. The number of nitrogens with zero attached hydrogens (tertiary/aromatic N) is 3. The molecule has 0 unspecified atom stereocenters. The lowest BCUT2D eigenvalue weighted by molar-refractivity contribution is -0.117. The average molecular weight is 421 g/mol. The summed E-state index contributed by atoms with van der Waals surface area (Å²) >= 11 is 1.34. The van der Waals surface area contributed by atoms with E-state index in [0.717, 1.165) is 28.2 Å². The molecule has 2 amide bonds. The Bertz CT molecular complexity index is 1040. The van der Waals surface area contributed by atoms with Gasteiger partial charge in [-0.25, -0.2) is 0 Å². The van der Waals surface area contributed by atoms with Crippen molar-refractivity contribution >= 4 is 34.0 Å². The van der Waals surface area contributed by atoms with Crippen LogP contribution in [0.3, 0.4) is 0 Å². The summed E-state index contributed by atoms with van der Waals surface area (Å²) in [4.78, 5) is 26.6. The molecule has 30 heavy (non-hydrogen) atoms. The van der Waals surface area contributed by atoms with Crippen molar-refractivity contribution in [1.82, 2.24) is 10.2 Å². The van der Waals surface area contributed by atoms with E-state index in [1.807, 2.05) is 43.3 Å². The molecule has 2 heterocycles. The summed E-state index contributed by atoms with van der Waals surface area (Å²) in [5.74, 6) is -0.0466. The molecule has 3 aromatic rings. The largest absolute Gasteiger partial charge is 0.312 e. The maximum atomic E-state index is 12.5. The summed E-state index contributed by atoms with van der Waals surface area (Å²) in [6.45, 7) is 4.71. The number of benzene rings is 2. The van der Waals surface area contributed by atoms with Crippen LogP contribution in [0, 0.1) is 6.92 Å². The van der Waals surface area contributed by atoms with Crippen LogP contribution in [-0.2, 0) is 22.4 Å². The summed E-state index contributed by atoms with van der Waals surface area (Å²) in [7, 11) is 0. The molecule has 2 aromatic carbocycles. The maximum absolute atomic E-state index is 12.5. The first-order valence-corrected chi connectivity index (χ1v) is 10.9. The predicted molar refractivity (Wildman–Crippen MR) is 119 cm³/mol. The third-order valence-electron chi connectivity index (χ3n) is 5.30. The van der Waals surface area contributed by atoms with Gasteiger partial charge in [0.1, 0.15) is 5.01 Å². The molecule has 7 heteroatoms. The molecule has 1 atom stereocenters. The zero-order valence-electron chi connectivity index (χ0n) is 17.1. The fourth-order valence-corrected chi connectivity index (χ4v) is 4.39. The van der Waals surface area contributed by atoms with Gasteiger partial charge in [-0.15, -0.1) is 10.2 Å². The minimum Gasteiger partial charge on any atom is -0.312 e. The fourth-order valence-electron chi connectivity index (χ4n) is 3.54. The first-order valence-electron chi connectivity index (χ1n) is 10.1. The van der Waals surface area contributed by atoms with Gasteiger partial charge in [0.05, 0.1) is 6.42 Å². The molecule has 154 valence electrons. The number of carbonyl (C=O) groups is 2. The van der Waals surface area contributed by atoms with Crippen molar-refractivity contribution in [1.29, 1.82) is 0 Å². The van der Waals surface area contributed by atoms with Gasteiger partial charge in [-0.05, 0) is 36.6 Å². The standard InChI is InChI=1S/C23H24N4O2S/c1-3-16-8-10-19(11-9-16)27-14-18(13-21(27)29)22-25-26-23(30-22)24-20(28)12-17-6-4-15(2)5-7-17/h4-11,18H,3,12-14H2,1-2H3,(H,24,26,28)/t18-/m1/s1. The second-order valence-electron chi connectivity index (χ2n) is 7.58. The number of anilines is 2. The van der Waals surface area contributed by atoms with Crippen molar-refractivity contribution in [3.8, 4) is 0 Å². The Balaban J connectivity index is 1.38. The first kappa shape index (κ1) is 20.2. The third kappa shape index (κ3) is 4.57. The number of amides is 2. The third-order valence-corrected chi connectivity index (χ3v) is 6.30. The lowest BCUT2D eigenvalue weighted by Crippen LogP contribution is -2.24. The Morgan fingerprint density at radius 2 is 1.80 bits per heavy atom. The normalized spacial score (nSPS) is 16.1. The lowest BCUT2D eigenvalue weighted by atomic mass is 10.1. The van der Waals surface area contributed by atoms with Gasteiger partial charge in [-0.2, -0.15) is 0 Å².